The molecule has 0 bridgehead atoms. The van der Waals surface area contributed by atoms with Gasteiger partial charge in [-0.15, -0.1) is 0 Å². The first-order chi connectivity index (χ1) is 6.40. The van der Waals surface area contributed by atoms with E-state index in [1.54, 1.807) is 11.1 Å². The Balaban J connectivity index is 2.54. The van der Waals surface area contributed by atoms with Crippen molar-refractivity contribution in [2.45, 2.75) is 59.4 Å². The lowest BCUT2D eigenvalue weighted by molar-refractivity contribution is 0.441. The smallest absolute Gasteiger partial charge is 0.0172 e. The van der Waals surface area contributed by atoms with Crippen LogP contribution in [0, 0.1) is 5.92 Å². The molecule has 0 radical (unpaired) electrons. The molecule has 1 heteroatoms. The first-order valence-corrected chi connectivity index (χ1v) is 5.86. The first kappa shape index (κ1) is 11.8. The Morgan fingerprint density at radius 2 is 1.86 bits per heavy atom. The summed E-state index contributed by atoms with van der Waals surface area (Å²) in [7, 11) is 0. The highest BCUT2D eigenvalue weighted by Gasteiger charge is 2.18. The second-order valence-corrected chi connectivity index (χ2v) is 5.74. The Bertz CT molecular complexity index is 218. The fraction of sp³-hybridized carbons (Fsp3) is 0.846. The van der Waals surface area contributed by atoms with Gasteiger partial charge in [0, 0.05) is 12.1 Å². The molecule has 82 valence electrons. The van der Waals surface area contributed by atoms with Gasteiger partial charge >= 0.3 is 0 Å². The van der Waals surface area contributed by atoms with Crippen molar-refractivity contribution in [2.75, 3.05) is 6.54 Å². The van der Waals surface area contributed by atoms with Crippen LogP contribution in [0.5, 0.6) is 0 Å². The highest BCUT2D eigenvalue weighted by atomic mass is 14.9. The van der Waals surface area contributed by atoms with Crippen LogP contribution in [0.25, 0.3) is 0 Å². The molecular formula is C13H25N. The molecule has 0 spiro atoms. The van der Waals surface area contributed by atoms with Gasteiger partial charge in [0.2, 0.25) is 0 Å². The van der Waals surface area contributed by atoms with Crippen LogP contribution in [0.4, 0.5) is 0 Å². The third kappa shape index (κ3) is 3.45. The molecule has 14 heavy (non-hydrogen) atoms. The summed E-state index contributed by atoms with van der Waals surface area (Å²) in [5, 5.41) is 3.59. The second kappa shape index (κ2) is 4.48. The van der Waals surface area contributed by atoms with Crippen LogP contribution in [0.3, 0.4) is 0 Å². The van der Waals surface area contributed by atoms with Crippen molar-refractivity contribution in [1.82, 2.24) is 5.32 Å². The van der Waals surface area contributed by atoms with Gasteiger partial charge in [0.25, 0.3) is 0 Å². The maximum absolute atomic E-state index is 3.59. The molecule has 0 aromatic heterocycles. The van der Waals surface area contributed by atoms with E-state index in [2.05, 4.69) is 39.9 Å². The molecule has 0 atom stereocenters. The van der Waals surface area contributed by atoms with Gasteiger partial charge in [-0.05, 0) is 46.0 Å². The van der Waals surface area contributed by atoms with Crippen molar-refractivity contribution < 1.29 is 0 Å². The third-order valence-corrected chi connectivity index (χ3v) is 2.91. The summed E-state index contributed by atoms with van der Waals surface area (Å²) in [6.45, 7) is 12.4. The zero-order valence-corrected chi connectivity index (χ0v) is 10.4. The van der Waals surface area contributed by atoms with Crippen LogP contribution in [-0.2, 0) is 0 Å². The molecule has 1 rings (SSSR count). The van der Waals surface area contributed by atoms with Crippen LogP contribution >= 0.6 is 0 Å². The van der Waals surface area contributed by atoms with E-state index >= 15 is 0 Å². The largest absolute Gasteiger partial charge is 0.308 e. The van der Waals surface area contributed by atoms with E-state index in [1.807, 2.05) is 0 Å². The van der Waals surface area contributed by atoms with Gasteiger partial charge in [-0.25, -0.2) is 0 Å². The fourth-order valence-corrected chi connectivity index (χ4v) is 2.10. The van der Waals surface area contributed by atoms with E-state index in [-0.39, 0.29) is 5.54 Å². The van der Waals surface area contributed by atoms with Crippen LogP contribution in [0.1, 0.15) is 53.9 Å². The average Bonchev–Trinajstić information content (AvgIpc) is 2.46. The quantitative estimate of drug-likeness (QED) is 0.680. The normalized spacial score (nSPS) is 18.4. The third-order valence-electron chi connectivity index (χ3n) is 2.91. The van der Waals surface area contributed by atoms with E-state index in [9.17, 15) is 0 Å². The Morgan fingerprint density at radius 1 is 1.21 bits per heavy atom. The van der Waals surface area contributed by atoms with Crippen molar-refractivity contribution in [3.63, 3.8) is 0 Å². The Hall–Kier alpha value is -0.300. The minimum Gasteiger partial charge on any atom is -0.308 e. The minimum absolute atomic E-state index is 0.248. The summed E-state index contributed by atoms with van der Waals surface area (Å²) in [5.41, 5.74) is 3.63. The SMILES string of the molecule is CC(C)C1=C(CNC(C)(C)C)CCC1. The van der Waals surface area contributed by atoms with Gasteiger partial charge in [0.1, 0.15) is 0 Å². The average molecular weight is 195 g/mol. The monoisotopic (exact) mass is 195 g/mol. The Kier molecular flexibility index (Phi) is 3.77. The highest BCUT2D eigenvalue weighted by molar-refractivity contribution is 5.22. The van der Waals surface area contributed by atoms with Gasteiger partial charge < -0.3 is 5.32 Å². The van der Waals surface area contributed by atoms with Crippen molar-refractivity contribution in [3.05, 3.63) is 11.1 Å². The van der Waals surface area contributed by atoms with Gasteiger partial charge in [-0.1, -0.05) is 25.0 Å². The van der Waals surface area contributed by atoms with Gasteiger partial charge in [-0.2, -0.15) is 0 Å². The fourth-order valence-electron chi connectivity index (χ4n) is 2.10. The molecule has 1 aliphatic rings. The predicted molar refractivity (Wildman–Crippen MR) is 63.5 cm³/mol. The molecule has 0 heterocycles. The molecule has 0 aliphatic heterocycles. The standard InChI is InChI=1S/C13H25N/c1-10(2)12-8-6-7-11(12)9-14-13(3,4)5/h10,14H,6-9H2,1-5H3. The Labute approximate surface area is 89.0 Å². The lowest BCUT2D eigenvalue weighted by Gasteiger charge is -2.22. The second-order valence-electron chi connectivity index (χ2n) is 5.74. The van der Waals surface area contributed by atoms with Crippen molar-refractivity contribution in [3.8, 4) is 0 Å². The van der Waals surface area contributed by atoms with Crippen LogP contribution in [0.2, 0.25) is 0 Å². The molecule has 0 amide bonds. The molecule has 0 saturated heterocycles. The summed E-state index contributed by atoms with van der Waals surface area (Å²) >= 11 is 0. The number of nitrogens with one attached hydrogen (secondary N) is 1. The molecule has 0 saturated carbocycles. The van der Waals surface area contributed by atoms with E-state index in [0.717, 1.165) is 12.5 Å². The molecule has 0 aromatic rings. The number of hydrogen-bond donors (Lipinski definition) is 1. The highest BCUT2D eigenvalue weighted by Crippen LogP contribution is 2.30. The van der Waals surface area contributed by atoms with Gasteiger partial charge in [-0.3, -0.25) is 0 Å². The number of hydrogen-bond acceptors (Lipinski definition) is 1. The van der Waals surface area contributed by atoms with Crippen molar-refractivity contribution in [2.24, 2.45) is 5.92 Å². The molecular weight excluding hydrogens is 170 g/mol. The van der Waals surface area contributed by atoms with E-state index in [0.29, 0.717) is 0 Å². The van der Waals surface area contributed by atoms with E-state index < -0.39 is 0 Å². The van der Waals surface area contributed by atoms with Crippen LogP contribution in [0.15, 0.2) is 11.1 Å². The van der Waals surface area contributed by atoms with Crippen molar-refractivity contribution in [1.29, 1.82) is 0 Å². The lowest BCUT2D eigenvalue weighted by atomic mass is 9.99. The van der Waals surface area contributed by atoms with E-state index in [1.165, 1.54) is 19.3 Å². The molecule has 0 fully saturated rings. The zero-order valence-electron chi connectivity index (χ0n) is 10.4. The van der Waals surface area contributed by atoms with Crippen LogP contribution in [-0.4, -0.2) is 12.1 Å². The minimum atomic E-state index is 0.248. The molecule has 0 aromatic carbocycles. The maximum atomic E-state index is 3.59. The van der Waals surface area contributed by atoms with Crippen LogP contribution < -0.4 is 5.32 Å². The molecule has 1 aliphatic carbocycles. The zero-order chi connectivity index (χ0) is 10.8. The summed E-state index contributed by atoms with van der Waals surface area (Å²) < 4.78 is 0. The van der Waals surface area contributed by atoms with Crippen molar-refractivity contribution >= 4 is 0 Å². The molecule has 0 unspecified atom stereocenters. The lowest BCUT2D eigenvalue weighted by Crippen LogP contribution is -2.37. The van der Waals surface area contributed by atoms with E-state index in [4.69, 9.17) is 0 Å². The predicted octanol–water partition coefficient (Wildman–Crippen LogP) is 3.51. The number of allylic oxidation sites excluding steroid dienone is 1. The maximum Gasteiger partial charge on any atom is 0.0172 e. The number of rotatable bonds is 3. The molecule has 1 nitrogen and oxygen atoms in total. The Morgan fingerprint density at radius 3 is 2.36 bits per heavy atom. The molecule has 1 N–H and O–H groups in total. The summed E-state index contributed by atoms with van der Waals surface area (Å²) in [5.74, 6) is 0.745. The van der Waals surface area contributed by atoms with Gasteiger partial charge in [0.15, 0.2) is 0 Å². The summed E-state index contributed by atoms with van der Waals surface area (Å²) in [4.78, 5) is 0. The first-order valence-electron chi connectivity index (χ1n) is 5.86. The topological polar surface area (TPSA) is 12.0 Å². The summed E-state index contributed by atoms with van der Waals surface area (Å²) in [6.07, 6.45) is 4.02. The van der Waals surface area contributed by atoms with Gasteiger partial charge in [0.05, 0.1) is 0 Å². The summed E-state index contributed by atoms with van der Waals surface area (Å²) in [6, 6.07) is 0.